The normalized spacial score (nSPS) is 15.3. The van der Waals surface area contributed by atoms with E-state index in [1.54, 1.807) is 0 Å². The molecule has 1 aliphatic heterocycles. The number of benzene rings is 2. The summed E-state index contributed by atoms with van der Waals surface area (Å²) in [5.74, 6) is 0.877. The van der Waals surface area contributed by atoms with Gasteiger partial charge in [0.2, 0.25) is 5.91 Å². The third-order valence-corrected chi connectivity index (χ3v) is 6.29. The topological polar surface area (TPSA) is 60.3 Å². The van der Waals surface area contributed by atoms with Crippen LogP contribution < -0.4 is 0 Å². The Kier molecular flexibility index (Phi) is 5.97. The Bertz CT molecular complexity index is 966. The number of amides is 1. The molecule has 1 saturated heterocycles. The van der Waals surface area contributed by atoms with Gasteiger partial charge in [0.05, 0.1) is 13.2 Å². The number of hydrogen-bond acceptors (Lipinski definition) is 5. The summed E-state index contributed by atoms with van der Waals surface area (Å²) in [5, 5.41) is 9.12. The number of carbonyl (C=O) groups excluding carboxylic acids is 1. The number of ether oxygens (including phenoxy) is 1. The minimum atomic E-state index is -0.372. The van der Waals surface area contributed by atoms with Crippen molar-refractivity contribution in [2.45, 2.75) is 17.3 Å². The van der Waals surface area contributed by atoms with Gasteiger partial charge in [0.25, 0.3) is 0 Å². The van der Waals surface area contributed by atoms with Crippen LogP contribution in [-0.4, -0.2) is 51.9 Å². The minimum absolute atomic E-state index is 0.0874. The Hall–Kier alpha value is -2.64. The Morgan fingerprint density at radius 3 is 2.41 bits per heavy atom. The van der Waals surface area contributed by atoms with Gasteiger partial charge in [-0.3, -0.25) is 4.79 Å². The summed E-state index contributed by atoms with van der Waals surface area (Å²) in [7, 11) is 1.94. The monoisotopic (exact) mass is 408 g/mol. The molecule has 6 nitrogen and oxygen atoms in total. The van der Waals surface area contributed by atoms with Crippen molar-refractivity contribution in [3.63, 3.8) is 0 Å². The highest BCUT2D eigenvalue weighted by Gasteiger charge is 2.30. The van der Waals surface area contributed by atoms with Crippen LogP contribution in [-0.2, 0) is 16.6 Å². The van der Waals surface area contributed by atoms with Crippen molar-refractivity contribution in [1.29, 1.82) is 0 Å². The molecule has 0 radical (unpaired) electrons. The maximum Gasteiger partial charge on any atom is 0.240 e. The van der Waals surface area contributed by atoms with Gasteiger partial charge < -0.3 is 14.2 Å². The first-order valence-corrected chi connectivity index (χ1v) is 10.6. The molecule has 0 aliphatic carbocycles. The van der Waals surface area contributed by atoms with Gasteiger partial charge in [0.1, 0.15) is 5.25 Å². The molecule has 0 saturated carbocycles. The van der Waals surface area contributed by atoms with Gasteiger partial charge in [-0.05, 0) is 12.5 Å². The first-order valence-electron chi connectivity index (χ1n) is 9.68. The molecule has 1 fully saturated rings. The highest BCUT2D eigenvalue weighted by atomic mass is 32.2. The minimum Gasteiger partial charge on any atom is -0.378 e. The van der Waals surface area contributed by atoms with Crippen LogP contribution in [0.4, 0.5) is 0 Å². The van der Waals surface area contributed by atoms with Crippen molar-refractivity contribution in [3.05, 3.63) is 65.7 Å². The van der Waals surface area contributed by atoms with Crippen LogP contribution in [0.3, 0.4) is 0 Å². The van der Waals surface area contributed by atoms with Crippen molar-refractivity contribution >= 4 is 17.7 Å². The molecular formula is C22H24N4O2S. The van der Waals surface area contributed by atoms with Gasteiger partial charge in [-0.15, -0.1) is 10.2 Å². The second kappa shape index (κ2) is 8.80. The van der Waals surface area contributed by atoms with Gasteiger partial charge in [0, 0.05) is 25.7 Å². The Morgan fingerprint density at radius 1 is 1.03 bits per heavy atom. The van der Waals surface area contributed by atoms with E-state index in [-0.39, 0.29) is 11.2 Å². The molecule has 2 aromatic carbocycles. The zero-order chi connectivity index (χ0) is 20.2. The summed E-state index contributed by atoms with van der Waals surface area (Å²) in [5.41, 5.74) is 3.17. The molecule has 3 aromatic rings. The van der Waals surface area contributed by atoms with Gasteiger partial charge in [-0.1, -0.05) is 71.9 Å². The summed E-state index contributed by atoms with van der Waals surface area (Å²) in [4.78, 5) is 15.2. The second-order valence-corrected chi connectivity index (χ2v) is 8.15. The summed E-state index contributed by atoms with van der Waals surface area (Å²) in [6.45, 7) is 4.47. The molecule has 1 amide bonds. The van der Waals surface area contributed by atoms with E-state index < -0.39 is 0 Å². The molecule has 0 N–H and O–H groups in total. The van der Waals surface area contributed by atoms with Gasteiger partial charge in [0.15, 0.2) is 11.0 Å². The van der Waals surface area contributed by atoms with E-state index in [0.717, 1.165) is 22.1 Å². The van der Waals surface area contributed by atoms with Crippen molar-refractivity contribution in [1.82, 2.24) is 19.7 Å². The van der Waals surface area contributed by atoms with E-state index in [1.807, 2.05) is 59.0 Å². The van der Waals surface area contributed by atoms with Crippen LogP contribution in [0.5, 0.6) is 0 Å². The fourth-order valence-corrected chi connectivity index (χ4v) is 4.40. The molecule has 0 bridgehead atoms. The van der Waals surface area contributed by atoms with Gasteiger partial charge in [-0.2, -0.15) is 0 Å². The fraction of sp³-hybridized carbons (Fsp3) is 0.318. The van der Waals surface area contributed by atoms with E-state index in [0.29, 0.717) is 26.3 Å². The number of aryl methyl sites for hydroxylation is 1. The van der Waals surface area contributed by atoms with Crippen LogP contribution in [0.15, 0.2) is 59.8 Å². The average Bonchev–Trinajstić information content (AvgIpc) is 3.13. The number of rotatable bonds is 5. The molecular weight excluding hydrogens is 384 g/mol. The van der Waals surface area contributed by atoms with Crippen molar-refractivity contribution in [3.8, 4) is 11.4 Å². The maximum absolute atomic E-state index is 13.3. The van der Waals surface area contributed by atoms with Crippen LogP contribution in [0, 0.1) is 6.92 Å². The molecule has 1 aromatic heterocycles. The summed E-state index contributed by atoms with van der Waals surface area (Å²) < 4.78 is 7.36. The van der Waals surface area contributed by atoms with E-state index in [1.165, 1.54) is 17.3 Å². The fourth-order valence-electron chi connectivity index (χ4n) is 3.32. The lowest BCUT2D eigenvalue weighted by atomic mass is 10.1. The number of thioether (sulfide) groups is 1. The number of carbonyl (C=O) groups is 1. The first-order chi connectivity index (χ1) is 14.1. The third kappa shape index (κ3) is 4.36. The highest BCUT2D eigenvalue weighted by Crippen LogP contribution is 2.37. The number of nitrogens with zero attached hydrogens (tertiary/aromatic N) is 4. The lowest BCUT2D eigenvalue weighted by molar-refractivity contribution is -0.134. The van der Waals surface area contributed by atoms with Crippen molar-refractivity contribution in [2.75, 3.05) is 26.3 Å². The third-order valence-electron chi connectivity index (χ3n) is 5.02. The molecule has 1 atom stereocenters. The highest BCUT2D eigenvalue weighted by molar-refractivity contribution is 8.00. The molecule has 4 rings (SSSR count). The first kappa shape index (κ1) is 19.7. The predicted molar refractivity (Wildman–Crippen MR) is 114 cm³/mol. The van der Waals surface area contributed by atoms with Crippen molar-refractivity contribution < 1.29 is 9.53 Å². The number of hydrogen-bond donors (Lipinski definition) is 0. The molecule has 2 heterocycles. The van der Waals surface area contributed by atoms with Crippen LogP contribution in [0.2, 0.25) is 0 Å². The summed E-state index contributed by atoms with van der Waals surface area (Å²) >= 11 is 1.45. The SMILES string of the molecule is Cc1ccc(-c2nnc(S[C@@H](C(=O)N3CCOCC3)c3ccccc3)n2C)cc1. The standard InChI is InChI=1S/C22H24N4O2S/c1-16-8-10-18(11-9-16)20-23-24-22(25(20)2)29-19(17-6-4-3-5-7-17)21(27)26-12-14-28-15-13-26/h3-11,19H,12-15H2,1-2H3/t19-/m1/s1. The average molecular weight is 409 g/mol. The Labute approximate surface area is 174 Å². The number of morpholine rings is 1. The van der Waals surface area contributed by atoms with E-state index >= 15 is 0 Å². The van der Waals surface area contributed by atoms with E-state index in [9.17, 15) is 4.79 Å². The Morgan fingerprint density at radius 2 is 1.72 bits per heavy atom. The molecule has 29 heavy (non-hydrogen) atoms. The molecule has 0 spiro atoms. The van der Waals surface area contributed by atoms with E-state index in [2.05, 4.69) is 29.3 Å². The lowest BCUT2D eigenvalue weighted by Crippen LogP contribution is -2.42. The number of aromatic nitrogens is 3. The van der Waals surface area contributed by atoms with E-state index in [4.69, 9.17) is 4.74 Å². The molecule has 1 aliphatic rings. The van der Waals surface area contributed by atoms with Crippen LogP contribution >= 0.6 is 11.8 Å². The molecule has 7 heteroatoms. The van der Waals surface area contributed by atoms with Crippen LogP contribution in [0.1, 0.15) is 16.4 Å². The van der Waals surface area contributed by atoms with Crippen LogP contribution in [0.25, 0.3) is 11.4 Å². The zero-order valence-corrected chi connectivity index (χ0v) is 17.4. The smallest absolute Gasteiger partial charge is 0.240 e. The summed E-state index contributed by atoms with van der Waals surface area (Å²) in [6, 6.07) is 18.1. The molecule has 0 unspecified atom stereocenters. The Balaban J connectivity index is 1.62. The predicted octanol–water partition coefficient (Wildman–Crippen LogP) is 3.48. The van der Waals surface area contributed by atoms with Gasteiger partial charge in [-0.25, -0.2) is 0 Å². The van der Waals surface area contributed by atoms with Crippen molar-refractivity contribution in [2.24, 2.45) is 7.05 Å². The summed E-state index contributed by atoms with van der Waals surface area (Å²) in [6.07, 6.45) is 0. The maximum atomic E-state index is 13.3. The largest absolute Gasteiger partial charge is 0.378 e. The molecule has 150 valence electrons. The zero-order valence-electron chi connectivity index (χ0n) is 16.6. The second-order valence-electron chi connectivity index (χ2n) is 7.08. The lowest BCUT2D eigenvalue weighted by Gasteiger charge is -2.30. The quantitative estimate of drug-likeness (QED) is 0.605. The van der Waals surface area contributed by atoms with Gasteiger partial charge >= 0.3 is 0 Å².